The first kappa shape index (κ1) is 22.2. The number of hydrogen-bond donors (Lipinski definition) is 1. The number of nitrogens with one attached hydrogen (secondary N) is 1. The molecular formula is C28H28N4O2S. The number of fused-ring (bicyclic) bond motifs is 1. The second kappa shape index (κ2) is 8.73. The van der Waals surface area contributed by atoms with Crippen molar-refractivity contribution in [3.63, 3.8) is 0 Å². The van der Waals surface area contributed by atoms with Gasteiger partial charge in [-0.15, -0.1) is 11.3 Å². The molecule has 1 saturated heterocycles. The number of aromatic nitrogens is 2. The Balaban J connectivity index is 1.29. The van der Waals surface area contributed by atoms with Crippen molar-refractivity contribution in [1.29, 1.82) is 0 Å². The predicted molar refractivity (Wildman–Crippen MR) is 139 cm³/mol. The molecule has 0 spiro atoms. The number of aryl methyl sites for hydroxylation is 1. The van der Waals surface area contributed by atoms with E-state index in [2.05, 4.69) is 45.4 Å². The standard InChI is InChI=1S/C28H28N4O2S/c1-18-5-6-21(34-17-20-7-12-32(20)2)16-23(18)26(33)31-28(8-9-28)24-14-19(27-30-11-13-35-27)15-25-22(24)4-3-10-29-25/h3-6,10-11,13-16,20H,7-9,12,17H2,1-2H3,(H,31,33)/t20-/m0/s1. The van der Waals surface area contributed by atoms with Crippen LogP contribution in [0.15, 0.2) is 60.2 Å². The number of carbonyl (C=O) groups is 1. The van der Waals surface area contributed by atoms with Gasteiger partial charge in [-0.05, 0) is 81.2 Å². The molecule has 4 aromatic rings. The van der Waals surface area contributed by atoms with Gasteiger partial charge in [0.05, 0.1) is 11.1 Å². The van der Waals surface area contributed by atoms with Crippen molar-refractivity contribution in [2.24, 2.45) is 0 Å². The van der Waals surface area contributed by atoms with Crippen LogP contribution in [0.3, 0.4) is 0 Å². The van der Waals surface area contributed by atoms with Gasteiger partial charge in [0.1, 0.15) is 17.4 Å². The van der Waals surface area contributed by atoms with Crippen LogP contribution in [0, 0.1) is 6.92 Å². The Hall–Kier alpha value is -3.29. The van der Waals surface area contributed by atoms with E-state index < -0.39 is 5.54 Å². The Morgan fingerprint density at radius 1 is 1.20 bits per heavy atom. The number of benzene rings is 2. The quantitative estimate of drug-likeness (QED) is 0.392. The number of nitrogens with zero attached hydrogens (tertiary/aromatic N) is 3. The Morgan fingerprint density at radius 2 is 2.09 bits per heavy atom. The zero-order valence-corrected chi connectivity index (χ0v) is 20.8. The largest absolute Gasteiger partial charge is 0.492 e. The van der Waals surface area contributed by atoms with Crippen molar-refractivity contribution in [2.75, 3.05) is 20.2 Å². The van der Waals surface area contributed by atoms with Crippen LogP contribution >= 0.6 is 11.3 Å². The lowest BCUT2D eigenvalue weighted by molar-refractivity contribution is 0.0767. The highest BCUT2D eigenvalue weighted by Gasteiger charge is 2.47. The Bertz CT molecular complexity index is 1400. The fourth-order valence-corrected chi connectivity index (χ4v) is 5.47. The van der Waals surface area contributed by atoms with E-state index in [-0.39, 0.29) is 5.91 Å². The molecule has 3 heterocycles. The number of amides is 1. The first-order valence-electron chi connectivity index (χ1n) is 12.1. The molecule has 6 rings (SSSR count). The van der Waals surface area contributed by atoms with Gasteiger partial charge in [-0.2, -0.15) is 0 Å². The fourth-order valence-electron chi connectivity index (χ4n) is 4.85. The highest BCUT2D eigenvalue weighted by Crippen LogP contribution is 2.49. The van der Waals surface area contributed by atoms with Crippen LogP contribution in [0.4, 0.5) is 0 Å². The highest BCUT2D eigenvalue weighted by atomic mass is 32.1. The number of rotatable bonds is 7. The van der Waals surface area contributed by atoms with E-state index >= 15 is 0 Å². The van der Waals surface area contributed by atoms with Crippen molar-refractivity contribution in [1.82, 2.24) is 20.2 Å². The molecule has 2 aromatic heterocycles. The highest BCUT2D eigenvalue weighted by molar-refractivity contribution is 7.13. The molecule has 2 aliphatic rings. The summed E-state index contributed by atoms with van der Waals surface area (Å²) >= 11 is 1.61. The topological polar surface area (TPSA) is 67.3 Å². The number of pyridine rings is 1. The lowest BCUT2D eigenvalue weighted by Crippen LogP contribution is -2.48. The molecule has 7 heteroatoms. The molecule has 1 amide bonds. The molecule has 1 saturated carbocycles. The number of thiazole rings is 1. The summed E-state index contributed by atoms with van der Waals surface area (Å²) in [6.45, 7) is 3.74. The van der Waals surface area contributed by atoms with Crippen molar-refractivity contribution < 1.29 is 9.53 Å². The number of ether oxygens (including phenoxy) is 1. The summed E-state index contributed by atoms with van der Waals surface area (Å²) in [6.07, 6.45) is 6.58. The second-order valence-electron chi connectivity index (χ2n) is 9.68. The first-order valence-corrected chi connectivity index (χ1v) is 13.0. The van der Waals surface area contributed by atoms with Gasteiger partial charge >= 0.3 is 0 Å². The molecule has 2 fully saturated rings. The van der Waals surface area contributed by atoms with E-state index in [0.29, 0.717) is 18.2 Å². The van der Waals surface area contributed by atoms with Gasteiger partial charge < -0.3 is 10.1 Å². The predicted octanol–water partition coefficient (Wildman–Crippen LogP) is 5.17. The van der Waals surface area contributed by atoms with Gasteiger partial charge in [-0.1, -0.05) is 12.1 Å². The van der Waals surface area contributed by atoms with E-state index in [0.717, 1.165) is 64.2 Å². The molecule has 0 unspecified atom stereocenters. The van der Waals surface area contributed by atoms with Crippen molar-refractivity contribution in [3.8, 4) is 16.3 Å². The molecule has 35 heavy (non-hydrogen) atoms. The molecule has 1 aliphatic heterocycles. The van der Waals surface area contributed by atoms with Crippen molar-refractivity contribution in [3.05, 3.63) is 76.9 Å². The lowest BCUT2D eigenvalue weighted by atomic mass is 9.95. The van der Waals surface area contributed by atoms with Gasteiger partial charge in [0, 0.05) is 40.3 Å². The van der Waals surface area contributed by atoms with Gasteiger partial charge in [-0.25, -0.2) is 4.98 Å². The minimum Gasteiger partial charge on any atom is -0.492 e. The summed E-state index contributed by atoms with van der Waals surface area (Å²) in [7, 11) is 2.11. The summed E-state index contributed by atoms with van der Waals surface area (Å²) in [5, 5.41) is 7.39. The molecule has 1 N–H and O–H groups in total. The maximum Gasteiger partial charge on any atom is 0.252 e. The minimum atomic E-state index is -0.399. The molecular weight excluding hydrogens is 456 g/mol. The first-order chi connectivity index (χ1) is 17.0. The third-order valence-corrected chi connectivity index (χ3v) is 8.18. The zero-order valence-electron chi connectivity index (χ0n) is 20.0. The van der Waals surface area contributed by atoms with Crippen molar-refractivity contribution in [2.45, 2.75) is 37.8 Å². The number of likely N-dealkylation sites (N-methyl/N-ethyl adjacent to an activating group) is 1. The summed E-state index contributed by atoms with van der Waals surface area (Å²) in [5.74, 6) is 0.675. The minimum absolute atomic E-state index is 0.0668. The molecule has 2 aromatic carbocycles. The Labute approximate surface area is 209 Å². The van der Waals surface area contributed by atoms with Crippen LogP contribution in [0.2, 0.25) is 0 Å². The average molecular weight is 485 g/mol. The second-order valence-corrected chi connectivity index (χ2v) is 10.6. The van der Waals surface area contributed by atoms with E-state index in [1.807, 2.05) is 49.0 Å². The normalized spacial score (nSPS) is 18.7. The van der Waals surface area contributed by atoms with Gasteiger partial charge in [0.2, 0.25) is 0 Å². The number of carbonyl (C=O) groups excluding carboxylic acids is 1. The van der Waals surface area contributed by atoms with Gasteiger partial charge in [0.15, 0.2) is 0 Å². The summed E-state index contributed by atoms with van der Waals surface area (Å²) in [4.78, 5) is 25.0. The van der Waals surface area contributed by atoms with Crippen LogP contribution in [0.1, 0.15) is 40.7 Å². The monoisotopic (exact) mass is 484 g/mol. The number of likely N-dealkylation sites (tertiary alicyclic amines) is 1. The van der Waals surface area contributed by atoms with Gasteiger partial charge in [0.25, 0.3) is 5.91 Å². The van der Waals surface area contributed by atoms with E-state index in [4.69, 9.17) is 4.74 Å². The van der Waals surface area contributed by atoms with E-state index in [1.54, 1.807) is 11.3 Å². The fraction of sp³-hybridized carbons (Fsp3) is 0.321. The van der Waals surface area contributed by atoms with Crippen LogP contribution in [-0.4, -0.2) is 47.0 Å². The van der Waals surface area contributed by atoms with E-state index in [9.17, 15) is 4.79 Å². The summed E-state index contributed by atoms with van der Waals surface area (Å²) < 4.78 is 6.04. The maximum absolute atomic E-state index is 13.6. The van der Waals surface area contributed by atoms with Crippen LogP contribution in [0.5, 0.6) is 5.75 Å². The molecule has 0 radical (unpaired) electrons. The summed E-state index contributed by atoms with van der Waals surface area (Å²) in [6, 6.07) is 14.6. The van der Waals surface area contributed by atoms with Crippen LogP contribution in [-0.2, 0) is 5.54 Å². The van der Waals surface area contributed by atoms with Gasteiger partial charge in [-0.3, -0.25) is 14.7 Å². The molecule has 1 aliphatic carbocycles. The van der Waals surface area contributed by atoms with Crippen LogP contribution in [0.25, 0.3) is 21.5 Å². The van der Waals surface area contributed by atoms with Crippen LogP contribution < -0.4 is 10.1 Å². The Morgan fingerprint density at radius 3 is 2.80 bits per heavy atom. The van der Waals surface area contributed by atoms with Crippen molar-refractivity contribution >= 4 is 28.1 Å². The molecule has 1 atom stereocenters. The molecule has 6 nitrogen and oxygen atoms in total. The summed E-state index contributed by atoms with van der Waals surface area (Å²) in [5.41, 5.74) is 4.27. The average Bonchev–Trinajstić information content (AvgIpc) is 3.42. The zero-order chi connectivity index (χ0) is 24.0. The third kappa shape index (κ3) is 4.19. The smallest absolute Gasteiger partial charge is 0.252 e. The Kier molecular flexibility index (Phi) is 5.54. The lowest BCUT2D eigenvalue weighted by Gasteiger charge is -2.37. The molecule has 0 bridgehead atoms. The third-order valence-electron chi connectivity index (χ3n) is 7.35. The maximum atomic E-state index is 13.6. The molecule has 178 valence electrons. The van der Waals surface area contributed by atoms with E-state index in [1.165, 1.54) is 0 Å². The number of hydrogen-bond acceptors (Lipinski definition) is 6. The SMILES string of the molecule is Cc1ccc(OC[C@@H]2CCN2C)cc1C(=O)NC1(c2cc(-c3nccs3)cc3ncccc23)CC1.